The summed E-state index contributed by atoms with van der Waals surface area (Å²) in [6.45, 7) is 7.46. The van der Waals surface area contributed by atoms with E-state index < -0.39 is 11.7 Å². The van der Waals surface area contributed by atoms with Gasteiger partial charge in [-0.25, -0.2) is 4.79 Å². The predicted molar refractivity (Wildman–Crippen MR) is 121 cm³/mol. The lowest BCUT2D eigenvalue weighted by molar-refractivity contribution is 0.0529. The minimum absolute atomic E-state index is 0. The Labute approximate surface area is 179 Å². The monoisotopic (exact) mass is 488 g/mol. The largest absolute Gasteiger partial charge is 0.444 e. The molecule has 2 rings (SSSR count). The number of nitrogens with one attached hydrogen (secondary N) is 3. The SMILES string of the molecule is CN=C(NCCNC(=O)OC(C)(C)C)NCC1CCCc2ccccc21.I. The Balaban J connectivity index is 0.00000364. The number of benzene rings is 1. The molecule has 152 valence electrons. The first-order valence-electron chi connectivity index (χ1n) is 9.38. The molecule has 1 aromatic carbocycles. The van der Waals surface area contributed by atoms with E-state index >= 15 is 0 Å². The number of fused-ring (bicyclic) bond motifs is 1. The van der Waals surface area contributed by atoms with Crippen molar-refractivity contribution in [3.05, 3.63) is 35.4 Å². The third-order valence-electron chi connectivity index (χ3n) is 4.32. The quantitative estimate of drug-likeness (QED) is 0.257. The number of amides is 1. The van der Waals surface area contributed by atoms with Gasteiger partial charge in [-0.15, -0.1) is 24.0 Å². The van der Waals surface area contributed by atoms with Crippen LogP contribution in [0.1, 0.15) is 50.7 Å². The molecule has 0 saturated heterocycles. The summed E-state index contributed by atoms with van der Waals surface area (Å²) in [6, 6.07) is 8.71. The van der Waals surface area contributed by atoms with Gasteiger partial charge in [-0.2, -0.15) is 0 Å². The topological polar surface area (TPSA) is 74.8 Å². The number of carbonyl (C=O) groups is 1. The summed E-state index contributed by atoms with van der Waals surface area (Å²) in [4.78, 5) is 15.9. The number of alkyl carbamates (subject to hydrolysis) is 1. The maximum Gasteiger partial charge on any atom is 0.407 e. The first-order valence-corrected chi connectivity index (χ1v) is 9.38. The molecule has 1 aromatic rings. The van der Waals surface area contributed by atoms with Crippen molar-refractivity contribution in [3.63, 3.8) is 0 Å². The lowest BCUT2D eigenvalue weighted by Crippen LogP contribution is -2.43. The first-order chi connectivity index (χ1) is 12.4. The highest BCUT2D eigenvalue weighted by Crippen LogP contribution is 2.30. The molecule has 3 N–H and O–H groups in total. The highest BCUT2D eigenvalue weighted by molar-refractivity contribution is 14.0. The maximum atomic E-state index is 11.6. The van der Waals surface area contributed by atoms with Crippen molar-refractivity contribution < 1.29 is 9.53 Å². The standard InChI is InChI=1S/C20H32N4O2.HI/c1-20(2,3)26-19(25)23-13-12-22-18(21-4)24-14-16-10-7-9-15-8-5-6-11-17(15)16;/h5-6,8,11,16H,7,9-10,12-14H2,1-4H3,(H,23,25)(H2,21,22,24);1H. The number of ether oxygens (including phenoxy) is 1. The second kappa shape index (κ2) is 11.4. The van der Waals surface area contributed by atoms with Crippen LogP contribution in [0, 0.1) is 0 Å². The molecule has 0 spiro atoms. The zero-order chi connectivity index (χ0) is 19.0. The molecule has 1 atom stereocenters. The highest BCUT2D eigenvalue weighted by Gasteiger charge is 2.20. The second-order valence-corrected chi connectivity index (χ2v) is 7.60. The van der Waals surface area contributed by atoms with Crippen LogP contribution in [-0.4, -0.2) is 44.3 Å². The van der Waals surface area contributed by atoms with E-state index in [1.54, 1.807) is 7.05 Å². The van der Waals surface area contributed by atoms with Gasteiger partial charge in [0.05, 0.1) is 0 Å². The Morgan fingerprint density at radius 2 is 1.89 bits per heavy atom. The molecule has 1 unspecified atom stereocenters. The van der Waals surface area contributed by atoms with Crippen LogP contribution in [-0.2, 0) is 11.2 Å². The van der Waals surface area contributed by atoms with Crippen molar-refractivity contribution in [3.8, 4) is 0 Å². The summed E-state index contributed by atoms with van der Waals surface area (Å²) in [6.07, 6.45) is 3.20. The van der Waals surface area contributed by atoms with E-state index in [0.29, 0.717) is 19.0 Å². The van der Waals surface area contributed by atoms with E-state index in [4.69, 9.17) is 4.74 Å². The van der Waals surface area contributed by atoms with Gasteiger partial charge in [0.25, 0.3) is 0 Å². The fraction of sp³-hybridized carbons (Fsp3) is 0.600. The molecule has 7 heteroatoms. The minimum atomic E-state index is -0.481. The Kier molecular flexibility index (Phi) is 9.90. The van der Waals surface area contributed by atoms with Crippen molar-refractivity contribution in [1.29, 1.82) is 0 Å². The first kappa shape index (κ1) is 23.5. The summed E-state index contributed by atoms with van der Waals surface area (Å²) >= 11 is 0. The molecule has 6 nitrogen and oxygen atoms in total. The average molecular weight is 488 g/mol. The Bertz CT molecular complexity index is 629. The number of hydrogen-bond acceptors (Lipinski definition) is 3. The third-order valence-corrected chi connectivity index (χ3v) is 4.32. The third kappa shape index (κ3) is 8.36. The van der Waals surface area contributed by atoms with Crippen LogP contribution in [0.15, 0.2) is 29.3 Å². The van der Waals surface area contributed by atoms with Crippen LogP contribution in [0.25, 0.3) is 0 Å². The van der Waals surface area contributed by atoms with Gasteiger partial charge in [-0.1, -0.05) is 24.3 Å². The summed E-state index contributed by atoms with van der Waals surface area (Å²) in [7, 11) is 1.76. The Hall–Kier alpha value is -1.51. The molecular formula is C20H33IN4O2. The number of halogens is 1. The summed E-state index contributed by atoms with van der Waals surface area (Å²) in [5.41, 5.74) is 2.44. The molecule has 0 bridgehead atoms. The maximum absolute atomic E-state index is 11.6. The normalized spacial score (nSPS) is 16.6. The van der Waals surface area contributed by atoms with E-state index in [-0.39, 0.29) is 24.0 Å². The van der Waals surface area contributed by atoms with Crippen molar-refractivity contribution in [2.45, 2.75) is 51.6 Å². The summed E-state index contributed by atoms with van der Waals surface area (Å²) < 4.78 is 5.21. The van der Waals surface area contributed by atoms with Crippen LogP contribution in [0.5, 0.6) is 0 Å². The second-order valence-electron chi connectivity index (χ2n) is 7.60. The van der Waals surface area contributed by atoms with Crippen molar-refractivity contribution in [2.24, 2.45) is 4.99 Å². The predicted octanol–water partition coefficient (Wildman–Crippen LogP) is 3.41. The van der Waals surface area contributed by atoms with Gasteiger partial charge in [0.15, 0.2) is 5.96 Å². The van der Waals surface area contributed by atoms with Gasteiger partial charge in [0.2, 0.25) is 0 Å². The van der Waals surface area contributed by atoms with Gasteiger partial charge in [0, 0.05) is 32.6 Å². The van der Waals surface area contributed by atoms with E-state index in [1.807, 2.05) is 20.8 Å². The highest BCUT2D eigenvalue weighted by atomic mass is 127. The number of rotatable bonds is 5. The van der Waals surface area contributed by atoms with Crippen LogP contribution >= 0.6 is 24.0 Å². The lowest BCUT2D eigenvalue weighted by atomic mass is 9.83. The molecule has 0 saturated carbocycles. The van der Waals surface area contributed by atoms with E-state index in [1.165, 1.54) is 30.4 Å². The smallest absolute Gasteiger partial charge is 0.407 e. The van der Waals surface area contributed by atoms with Gasteiger partial charge in [0.1, 0.15) is 5.60 Å². The molecule has 0 aromatic heterocycles. The molecule has 0 aliphatic heterocycles. The molecule has 0 fully saturated rings. The molecule has 1 amide bonds. The summed E-state index contributed by atoms with van der Waals surface area (Å²) in [5, 5.41) is 9.35. The van der Waals surface area contributed by atoms with Gasteiger partial charge >= 0.3 is 6.09 Å². The van der Waals surface area contributed by atoms with Crippen LogP contribution in [0.2, 0.25) is 0 Å². The number of aryl methyl sites for hydroxylation is 1. The molecule has 1 aliphatic rings. The average Bonchev–Trinajstić information content (AvgIpc) is 2.59. The zero-order valence-corrected chi connectivity index (χ0v) is 19.1. The van der Waals surface area contributed by atoms with Gasteiger partial charge in [-0.3, -0.25) is 4.99 Å². The molecule has 0 radical (unpaired) electrons. The molecular weight excluding hydrogens is 455 g/mol. The number of nitrogens with zero attached hydrogens (tertiary/aromatic N) is 1. The summed E-state index contributed by atoms with van der Waals surface area (Å²) in [5.74, 6) is 1.26. The van der Waals surface area contributed by atoms with Crippen molar-refractivity contribution >= 4 is 36.0 Å². The van der Waals surface area contributed by atoms with Gasteiger partial charge < -0.3 is 20.7 Å². The molecule has 0 heterocycles. The lowest BCUT2D eigenvalue weighted by Gasteiger charge is -2.26. The fourth-order valence-corrected chi connectivity index (χ4v) is 3.17. The van der Waals surface area contributed by atoms with E-state index in [9.17, 15) is 4.79 Å². The van der Waals surface area contributed by atoms with Gasteiger partial charge in [-0.05, 0) is 51.2 Å². The number of guanidine groups is 1. The molecule has 1 aliphatic carbocycles. The fourth-order valence-electron chi connectivity index (χ4n) is 3.17. The van der Waals surface area contributed by atoms with Crippen molar-refractivity contribution in [2.75, 3.05) is 26.7 Å². The Morgan fingerprint density at radius 1 is 1.19 bits per heavy atom. The van der Waals surface area contributed by atoms with Crippen LogP contribution < -0.4 is 16.0 Å². The van der Waals surface area contributed by atoms with Crippen LogP contribution in [0.3, 0.4) is 0 Å². The van der Waals surface area contributed by atoms with Crippen LogP contribution in [0.4, 0.5) is 4.79 Å². The molecule has 27 heavy (non-hydrogen) atoms. The Morgan fingerprint density at radius 3 is 2.59 bits per heavy atom. The minimum Gasteiger partial charge on any atom is -0.444 e. The van der Waals surface area contributed by atoms with E-state index in [2.05, 4.69) is 45.2 Å². The van der Waals surface area contributed by atoms with E-state index in [0.717, 1.165) is 12.5 Å². The number of hydrogen-bond donors (Lipinski definition) is 3. The van der Waals surface area contributed by atoms with Crippen molar-refractivity contribution in [1.82, 2.24) is 16.0 Å². The number of carbonyl (C=O) groups excluding carboxylic acids is 1. The number of aliphatic imine (C=N–C) groups is 1. The zero-order valence-electron chi connectivity index (χ0n) is 16.8.